The van der Waals surface area contributed by atoms with E-state index in [0.29, 0.717) is 21.3 Å². The number of carbonyl (C=O) groups excluding carboxylic acids is 1. The first kappa shape index (κ1) is 15.4. The van der Waals surface area contributed by atoms with Crippen LogP contribution in [0.5, 0.6) is 0 Å². The molecule has 0 spiro atoms. The molecule has 1 heterocycles. The Morgan fingerprint density at radius 3 is 2.52 bits per heavy atom. The maximum Gasteiger partial charge on any atom is 0.326 e. The molecule has 0 bridgehead atoms. The van der Waals surface area contributed by atoms with Gasteiger partial charge in [0.25, 0.3) is 0 Å². The number of nitrogens with zero attached hydrogens (tertiary/aromatic N) is 1. The summed E-state index contributed by atoms with van der Waals surface area (Å²) in [4.78, 5) is 12.1. The number of rotatable bonds is 3. The summed E-state index contributed by atoms with van der Waals surface area (Å²) in [5, 5.41) is 10.2. The summed E-state index contributed by atoms with van der Waals surface area (Å²) in [6.45, 7) is 0. The zero-order chi connectivity index (χ0) is 16.2. The smallest absolute Gasteiger partial charge is 0.326 e. The van der Waals surface area contributed by atoms with Crippen LogP contribution in [-0.2, 0) is 0 Å². The van der Waals surface area contributed by atoms with Crippen molar-refractivity contribution in [3.05, 3.63) is 64.8 Å². The highest BCUT2D eigenvalue weighted by molar-refractivity contribution is 6.31. The van der Waals surface area contributed by atoms with Crippen LogP contribution in [0.4, 0.5) is 16.4 Å². The lowest BCUT2D eigenvalue weighted by atomic mass is 10.1. The number of hydrogen-bond acceptors (Lipinski definition) is 3. The molecule has 0 saturated carbocycles. The fourth-order valence-electron chi connectivity index (χ4n) is 2.00. The first-order chi connectivity index (χ1) is 11.1. The number of hydrogen-bond donors (Lipinski definition) is 2. The number of anilines is 2. The van der Waals surface area contributed by atoms with Gasteiger partial charge in [-0.15, -0.1) is 0 Å². The lowest BCUT2D eigenvalue weighted by molar-refractivity contribution is 0.261. The highest BCUT2D eigenvalue weighted by Gasteiger charge is 2.13. The Labute approximate surface area is 142 Å². The van der Waals surface area contributed by atoms with Crippen molar-refractivity contribution in [1.29, 1.82) is 0 Å². The molecule has 0 aliphatic rings. The van der Waals surface area contributed by atoms with E-state index in [9.17, 15) is 4.79 Å². The highest BCUT2D eigenvalue weighted by Crippen LogP contribution is 2.28. The summed E-state index contributed by atoms with van der Waals surface area (Å²) in [6.07, 6.45) is 1.53. The van der Waals surface area contributed by atoms with Crippen LogP contribution in [0.1, 0.15) is 0 Å². The Morgan fingerprint density at radius 2 is 1.78 bits per heavy atom. The second-order valence-electron chi connectivity index (χ2n) is 4.66. The summed E-state index contributed by atoms with van der Waals surface area (Å²) < 4.78 is 5.10. The van der Waals surface area contributed by atoms with E-state index in [1.807, 2.05) is 12.1 Å². The first-order valence-electron chi connectivity index (χ1n) is 6.66. The van der Waals surface area contributed by atoms with Gasteiger partial charge in [-0.1, -0.05) is 46.6 Å². The molecule has 0 radical (unpaired) electrons. The Kier molecular flexibility index (Phi) is 4.50. The molecule has 0 atom stereocenters. The normalized spacial score (nSPS) is 10.3. The van der Waals surface area contributed by atoms with Gasteiger partial charge in [-0.25, -0.2) is 4.79 Å². The second-order valence-corrected chi connectivity index (χ2v) is 5.54. The van der Waals surface area contributed by atoms with Crippen LogP contribution in [-0.4, -0.2) is 11.2 Å². The van der Waals surface area contributed by atoms with Crippen molar-refractivity contribution < 1.29 is 9.32 Å². The number of nitrogens with one attached hydrogen (secondary N) is 2. The van der Waals surface area contributed by atoms with Crippen molar-refractivity contribution in [2.24, 2.45) is 0 Å². The van der Waals surface area contributed by atoms with Gasteiger partial charge in [-0.05, 0) is 35.9 Å². The van der Waals surface area contributed by atoms with Crippen molar-refractivity contribution in [1.82, 2.24) is 5.16 Å². The lowest BCUT2D eigenvalue weighted by Crippen LogP contribution is -2.19. The van der Waals surface area contributed by atoms with Gasteiger partial charge in [0.15, 0.2) is 0 Å². The predicted molar refractivity (Wildman–Crippen MR) is 91.0 cm³/mol. The summed E-state index contributed by atoms with van der Waals surface area (Å²) in [6, 6.07) is 13.5. The van der Waals surface area contributed by atoms with Gasteiger partial charge in [0.1, 0.15) is 0 Å². The molecule has 5 nitrogen and oxygen atoms in total. The topological polar surface area (TPSA) is 67.2 Å². The third-order valence-corrected chi connectivity index (χ3v) is 3.52. The minimum atomic E-state index is -0.459. The van der Waals surface area contributed by atoms with Gasteiger partial charge in [-0.2, -0.15) is 0 Å². The monoisotopic (exact) mass is 347 g/mol. The Morgan fingerprint density at radius 1 is 1.00 bits per heavy atom. The van der Waals surface area contributed by atoms with Crippen LogP contribution in [0.25, 0.3) is 11.1 Å². The second kappa shape index (κ2) is 6.73. The van der Waals surface area contributed by atoms with Gasteiger partial charge in [0.2, 0.25) is 5.88 Å². The number of benzene rings is 2. The van der Waals surface area contributed by atoms with E-state index in [2.05, 4.69) is 15.8 Å². The Bertz CT molecular complexity index is 831. The molecular formula is C16H11Cl2N3O2. The van der Waals surface area contributed by atoms with Crippen LogP contribution in [0.3, 0.4) is 0 Å². The molecule has 2 aromatic carbocycles. The average Bonchev–Trinajstić information content (AvgIpc) is 2.96. The molecule has 116 valence electrons. The molecule has 0 fully saturated rings. The van der Waals surface area contributed by atoms with Crippen molar-refractivity contribution in [2.75, 3.05) is 10.6 Å². The van der Waals surface area contributed by atoms with E-state index in [4.69, 9.17) is 27.7 Å². The quantitative estimate of drug-likeness (QED) is 0.676. The van der Waals surface area contributed by atoms with Crippen LogP contribution in [0, 0.1) is 0 Å². The molecule has 2 amide bonds. The molecule has 2 N–H and O–H groups in total. The first-order valence-corrected chi connectivity index (χ1v) is 7.41. The number of halogens is 2. The molecule has 1 aromatic heterocycles. The fourth-order valence-corrected chi connectivity index (χ4v) is 2.31. The molecule has 3 aromatic rings. The van der Waals surface area contributed by atoms with Crippen molar-refractivity contribution in [3.8, 4) is 11.1 Å². The standard InChI is InChI=1S/C16H11Cl2N3O2/c17-11-6-4-10(5-7-11)14-9-19-23-15(14)21-16(22)20-13-3-1-2-12(18)8-13/h1-9H,(H2,20,21,22). The number of amides is 2. The number of urea groups is 1. The molecule has 0 aliphatic heterocycles. The Hall–Kier alpha value is -2.50. The largest absolute Gasteiger partial charge is 0.338 e. The number of aromatic nitrogens is 1. The third-order valence-electron chi connectivity index (χ3n) is 3.04. The van der Waals surface area contributed by atoms with Crippen molar-refractivity contribution in [2.45, 2.75) is 0 Å². The molecule has 0 aliphatic carbocycles. The third kappa shape index (κ3) is 3.83. The van der Waals surface area contributed by atoms with E-state index in [1.165, 1.54) is 6.20 Å². The number of carbonyl (C=O) groups is 1. The van der Waals surface area contributed by atoms with Crippen molar-refractivity contribution in [3.63, 3.8) is 0 Å². The van der Waals surface area contributed by atoms with Gasteiger partial charge in [0.05, 0.1) is 11.8 Å². The summed E-state index contributed by atoms with van der Waals surface area (Å²) >= 11 is 11.7. The van der Waals surface area contributed by atoms with Gasteiger partial charge < -0.3 is 9.84 Å². The summed E-state index contributed by atoms with van der Waals surface area (Å²) in [7, 11) is 0. The van der Waals surface area contributed by atoms with Crippen LogP contribution in [0.2, 0.25) is 10.0 Å². The maximum absolute atomic E-state index is 12.1. The SMILES string of the molecule is O=C(Nc1cccc(Cl)c1)Nc1oncc1-c1ccc(Cl)cc1. The molecule has 7 heteroatoms. The fraction of sp³-hybridized carbons (Fsp3) is 0. The molecule has 3 rings (SSSR count). The minimum absolute atomic E-state index is 0.242. The molecular weight excluding hydrogens is 337 g/mol. The predicted octanol–water partition coefficient (Wildman–Crippen LogP) is 5.29. The lowest BCUT2D eigenvalue weighted by Gasteiger charge is -2.07. The molecule has 0 unspecified atom stereocenters. The highest BCUT2D eigenvalue weighted by atomic mass is 35.5. The van der Waals surface area contributed by atoms with E-state index in [-0.39, 0.29) is 5.88 Å². The van der Waals surface area contributed by atoms with Gasteiger partial charge in [0, 0.05) is 15.7 Å². The maximum atomic E-state index is 12.1. The van der Waals surface area contributed by atoms with E-state index in [1.54, 1.807) is 36.4 Å². The zero-order valence-electron chi connectivity index (χ0n) is 11.7. The van der Waals surface area contributed by atoms with E-state index < -0.39 is 6.03 Å². The van der Waals surface area contributed by atoms with E-state index >= 15 is 0 Å². The van der Waals surface area contributed by atoms with Crippen LogP contribution < -0.4 is 10.6 Å². The molecule has 0 saturated heterocycles. The van der Waals surface area contributed by atoms with Gasteiger partial charge in [-0.3, -0.25) is 5.32 Å². The van der Waals surface area contributed by atoms with Crippen LogP contribution in [0.15, 0.2) is 59.3 Å². The van der Waals surface area contributed by atoms with Crippen molar-refractivity contribution >= 4 is 40.8 Å². The van der Waals surface area contributed by atoms with Gasteiger partial charge >= 0.3 is 6.03 Å². The minimum Gasteiger partial charge on any atom is -0.338 e. The van der Waals surface area contributed by atoms with E-state index in [0.717, 1.165) is 5.56 Å². The summed E-state index contributed by atoms with van der Waals surface area (Å²) in [5.41, 5.74) is 2.05. The Balaban J connectivity index is 1.75. The van der Waals surface area contributed by atoms with Crippen LogP contribution >= 0.6 is 23.2 Å². The molecule has 23 heavy (non-hydrogen) atoms. The zero-order valence-corrected chi connectivity index (χ0v) is 13.2. The average molecular weight is 348 g/mol. The summed E-state index contributed by atoms with van der Waals surface area (Å²) in [5.74, 6) is 0.242.